The summed E-state index contributed by atoms with van der Waals surface area (Å²) in [7, 11) is 0. The minimum absolute atomic E-state index is 0.268. The fourth-order valence-corrected chi connectivity index (χ4v) is 2.84. The van der Waals surface area contributed by atoms with Gasteiger partial charge in [-0.15, -0.1) is 0 Å². The molecule has 29 heavy (non-hydrogen) atoms. The van der Waals surface area contributed by atoms with Gasteiger partial charge in [0.25, 0.3) is 5.91 Å². The number of para-hydroxylation sites is 1. The van der Waals surface area contributed by atoms with Crippen molar-refractivity contribution in [1.82, 2.24) is 10.3 Å². The van der Waals surface area contributed by atoms with Gasteiger partial charge in [-0.1, -0.05) is 36.4 Å². The van der Waals surface area contributed by atoms with E-state index in [0.29, 0.717) is 30.1 Å². The van der Waals surface area contributed by atoms with Gasteiger partial charge in [-0.05, 0) is 49.2 Å². The van der Waals surface area contributed by atoms with Gasteiger partial charge in [0.1, 0.15) is 5.69 Å². The van der Waals surface area contributed by atoms with E-state index >= 15 is 0 Å². The molecule has 148 valence electrons. The van der Waals surface area contributed by atoms with E-state index in [-0.39, 0.29) is 11.6 Å². The van der Waals surface area contributed by atoms with E-state index in [0.717, 1.165) is 11.1 Å². The molecular weight excluding hydrogens is 366 g/mol. The van der Waals surface area contributed by atoms with Crippen LogP contribution in [0.1, 0.15) is 38.9 Å². The van der Waals surface area contributed by atoms with Crippen molar-refractivity contribution < 1.29 is 14.3 Å². The number of nitrogens with zero attached hydrogens (tertiary/aromatic N) is 1. The third kappa shape index (κ3) is 5.19. The topological polar surface area (TPSA) is 80.3 Å². The van der Waals surface area contributed by atoms with E-state index in [9.17, 15) is 9.59 Å². The van der Waals surface area contributed by atoms with Crippen LogP contribution in [0.2, 0.25) is 0 Å². The maximum Gasteiger partial charge on any atom is 0.340 e. The van der Waals surface area contributed by atoms with Crippen LogP contribution in [0.5, 0.6) is 0 Å². The Morgan fingerprint density at radius 3 is 2.59 bits per heavy atom. The number of pyridine rings is 1. The Kier molecular flexibility index (Phi) is 6.58. The predicted molar refractivity (Wildman–Crippen MR) is 112 cm³/mol. The Balaban J connectivity index is 1.72. The van der Waals surface area contributed by atoms with E-state index in [1.165, 1.54) is 0 Å². The van der Waals surface area contributed by atoms with Gasteiger partial charge in [0.2, 0.25) is 0 Å². The molecule has 2 aromatic carbocycles. The lowest BCUT2D eigenvalue weighted by molar-refractivity contribution is 0.0527. The molecule has 1 heterocycles. The fourth-order valence-electron chi connectivity index (χ4n) is 2.84. The van der Waals surface area contributed by atoms with Gasteiger partial charge in [-0.25, -0.2) is 4.79 Å². The van der Waals surface area contributed by atoms with Crippen LogP contribution in [0.4, 0.5) is 11.4 Å². The summed E-state index contributed by atoms with van der Waals surface area (Å²) in [4.78, 5) is 28.8. The minimum atomic E-state index is -0.402. The molecule has 0 unspecified atom stereocenters. The van der Waals surface area contributed by atoms with Crippen LogP contribution in [0.25, 0.3) is 0 Å². The highest BCUT2D eigenvalue weighted by Gasteiger charge is 2.13. The van der Waals surface area contributed by atoms with Crippen molar-refractivity contribution in [2.75, 3.05) is 11.9 Å². The van der Waals surface area contributed by atoms with Crippen molar-refractivity contribution in [1.29, 1.82) is 0 Å². The summed E-state index contributed by atoms with van der Waals surface area (Å²) in [5.41, 5.74) is 4.14. The maximum atomic E-state index is 12.5. The fraction of sp³-hybridized carbons (Fsp3) is 0.174. The second-order valence-electron chi connectivity index (χ2n) is 6.43. The largest absolute Gasteiger partial charge is 0.462 e. The van der Waals surface area contributed by atoms with Gasteiger partial charge in [0, 0.05) is 18.4 Å². The third-order valence-electron chi connectivity index (χ3n) is 4.39. The second-order valence-corrected chi connectivity index (χ2v) is 6.43. The molecule has 0 radical (unpaired) electrons. The Morgan fingerprint density at radius 2 is 1.79 bits per heavy atom. The molecule has 6 nitrogen and oxygen atoms in total. The average Bonchev–Trinajstić information content (AvgIpc) is 2.74. The zero-order chi connectivity index (χ0) is 20.6. The summed E-state index contributed by atoms with van der Waals surface area (Å²) >= 11 is 0. The number of hydrogen-bond acceptors (Lipinski definition) is 5. The zero-order valence-electron chi connectivity index (χ0n) is 16.4. The standard InChI is InChI=1S/C23H23N3O3/c1-3-29-23(28)19-10-6-7-11-20(19)26-18-12-13-24-21(14-18)22(27)25-15-17-9-5-4-8-16(17)2/h4-14H,3,15H2,1-2H3,(H,24,26)(H,25,27). The van der Waals surface area contributed by atoms with Crippen molar-refractivity contribution in [2.45, 2.75) is 20.4 Å². The van der Waals surface area contributed by atoms with Gasteiger partial charge in [0.15, 0.2) is 0 Å². The van der Waals surface area contributed by atoms with Crippen LogP contribution in [0.3, 0.4) is 0 Å². The number of rotatable bonds is 7. The van der Waals surface area contributed by atoms with Crippen LogP contribution >= 0.6 is 0 Å². The molecule has 0 aliphatic heterocycles. The summed E-state index contributed by atoms with van der Waals surface area (Å²) in [6.45, 7) is 4.49. The van der Waals surface area contributed by atoms with Crippen LogP contribution in [0, 0.1) is 6.92 Å². The number of aromatic nitrogens is 1. The number of ether oxygens (including phenoxy) is 1. The third-order valence-corrected chi connectivity index (χ3v) is 4.39. The molecule has 1 amide bonds. The van der Waals surface area contributed by atoms with E-state index in [1.54, 1.807) is 43.5 Å². The van der Waals surface area contributed by atoms with Crippen molar-refractivity contribution in [2.24, 2.45) is 0 Å². The molecule has 0 saturated heterocycles. The zero-order valence-corrected chi connectivity index (χ0v) is 16.4. The monoisotopic (exact) mass is 389 g/mol. The van der Waals surface area contributed by atoms with Crippen molar-refractivity contribution in [3.63, 3.8) is 0 Å². The van der Waals surface area contributed by atoms with E-state index in [2.05, 4.69) is 15.6 Å². The lowest BCUT2D eigenvalue weighted by atomic mass is 10.1. The highest BCUT2D eigenvalue weighted by Crippen LogP contribution is 2.22. The predicted octanol–water partition coefficient (Wildman–Crippen LogP) is 4.24. The summed E-state index contributed by atoms with van der Waals surface area (Å²) in [5.74, 6) is -0.670. The molecule has 0 aliphatic carbocycles. The Morgan fingerprint density at radius 1 is 1.03 bits per heavy atom. The van der Waals surface area contributed by atoms with Gasteiger partial charge >= 0.3 is 5.97 Å². The molecule has 0 aliphatic rings. The van der Waals surface area contributed by atoms with Crippen LogP contribution in [-0.4, -0.2) is 23.5 Å². The van der Waals surface area contributed by atoms with Crippen LogP contribution in [0.15, 0.2) is 66.9 Å². The highest BCUT2D eigenvalue weighted by atomic mass is 16.5. The number of benzene rings is 2. The smallest absolute Gasteiger partial charge is 0.340 e. The molecule has 0 saturated carbocycles. The number of esters is 1. The first-order valence-electron chi connectivity index (χ1n) is 9.40. The number of nitrogens with one attached hydrogen (secondary N) is 2. The number of anilines is 2. The molecule has 0 atom stereocenters. The van der Waals surface area contributed by atoms with Gasteiger partial charge in [-0.3, -0.25) is 9.78 Å². The normalized spacial score (nSPS) is 10.3. The lowest BCUT2D eigenvalue weighted by Gasteiger charge is -2.12. The molecule has 6 heteroatoms. The lowest BCUT2D eigenvalue weighted by Crippen LogP contribution is -2.24. The van der Waals surface area contributed by atoms with Gasteiger partial charge < -0.3 is 15.4 Å². The summed E-state index contributed by atoms with van der Waals surface area (Å²) < 4.78 is 5.10. The summed E-state index contributed by atoms with van der Waals surface area (Å²) in [6.07, 6.45) is 1.55. The van der Waals surface area contributed by atoms with Gasteiger partial charge in [-0.2, -0.15) is 0 Å². The number of carbonyl (C=O) groups is 2. The first kappa shape index (κ1) is 20.1. The average molecular weight is 389 g/mol. The molecular formula is C23H23N3O3. The van der Waals surface area contributed by atoms with E-state index < -0.39 is 5.97 Å². The number of hydrogen-bond donors (Lipinski definition) is 2. The first-order chi connectivity index (χ1) is 14.1. The maximum absolute atomic E-state index is 12.5. The van der Waals surface area contributed by atoms with E-state index in [1.807, 2.05) is 37.3 Å². The minimum Gasteiger partial charge on any atom is -0.462 e. The summed E-state index contributed by atoms with van der Waals surface area (Å²) in [5, 5.41) is 6.06. The molecule has 1 aromatic heterocycles. The molecule has 3 rings (SSSR count). The SMILES string of the molecule is CCOC(=O)c1ccccc1Nc1ccnc(C(=O)NCc2ccccc2C)c1. The second kappa shape index (κ2) is 9.50. The number of carbonyl (C=O) groups excluding carboxylic acids is 2. The van der Waals surface area contributed by atoms with Crippen molar-refractivity contribution in [3.8, 4) is 0 Å². The van der Waals surface area contributed by atoms with Crippen molar-refractivity contribution >= 4 is 23.3 Å². The Bertz CT molecular complexity index is 1020. The Hall–Kier alpha value is -3.67. The highest BCUT2D eigenvalue weighted by molar-refractivity contribution is 5.97. The van der Waals surface area contributed by atoms with E-state index in [4.69, 9.17) is 4.74 Å². The first-order valence-corrected chi connectivity index (χ1v) is 9.40. The van der Waals surface area contributed by atoms with Gasteiger partial charge in [0.05, 0.1) is 17.9 Å². The Labute approximate surface area is 169 Å². The molecule has 0 bridgehead atoms. The van der Waals surface area contributed by atoms with Crippen LogP contribution < -0.4 is 10.6 Å². The number of amides is 1. The van der Waals surface area contributed by atoms with Crippen molar-refractivity contribution in [3.05, 3.63) is 89.2 Å². The molecule has 0 fully saturated rings. The quantitative estimate of drug-likeness (QED) is 0.591. The number of aryl methyl sites for hydroxylation is 1. The molecule has 3 aromatic rings. The molecule has 2 N–H and O–H groups in total. The molecule has 0 spiro atoms. The summed E-state index contributed by atoms with van der Waals surface area (Å²) in [6, 6.07) is 18.3. The van der Waals surface area contributed by atoms with Crippen LogP contribution in [-0.2, 0) is 11.3 Å².